The largest absolute Gasteiger partial charge is 0.507 e. The Morgan fingerprint density at radius 2 is 2.05 bits per heavy atom. The zero-order valence-corrected chi connectivity index (χ0v) is 11.2. The molecular weight excluding hydrogens is 244 g/mol. The monoisotopic (exact) mass is 264 g/mol. The Bertz CT molecular complexity index is 444. The first-order valence-electron chi connectivity index (χ1n) is 6.62. The predicted molar refractivity (Wildman–Crippen MR) is 76.0 cm³/mol. The summed E-state index contributed by atoms with van der Waals surface area (Å²) in [5.41, 5.74) is 0.352. The topological polar surface area (TPSA) is 75.7 Å². The van der Waals surface area contributed by atoms with E-state index in [4.69, 9.17) is 0 Å². The number of rotatable bonds is 8. The summed E-state index contributed by atoms with van der Waals surface area (Å²) < 4.78 is 0. The quantitative estimate of drug-likeness (QED) is 0.337. The third-order valence-corrected chi connectivity index (χ3v) is 2.84. The molecule has 0 aliphatic heterocycles. The molecule has 0 amide bonds. The van der Waals surface area contributed by atoms with Gasteiger partial charge in [-0.15, -0.1) is 0 Å². The van der Waals surface area contributed by atoms with E-state index in [2.05, 4.69) is 11.9 Å². The van der Waals surface area contributed by atoms with Crippen molar-refractivity contribution in [3.05, 3.63) is 33.9 Å². The Hall–Kier alpha value is -1.91. The summed E-state index contributed by atoms with van der Waals surface area (Å²) in [6.45, 7) is 2.86. The molecule has 0 aliphatic carbocycles. The van der Waals surface area contributed by atoms with E-state index in [1.165, 1.54) is 43.7 Å². The number of non-ortho nitro benzene ring substituents is 1. The summed E-state index contributed by atoms with van der Waals surface area (Å²) in [4.78, 5) is 14.3. The van der Waals surface area contributed by atoms with Crippen molar-refractivity contribution in [3.63, 3.8) is 0 Å². The van der Waals surface area contributed by atoms with E-state index in [1.807, 2.05) is 0 Å². The Morgan fingerprint density at radius 3 is 2.74 bits per heavy atom. The molecule has 0 saturated heterocycles. The van der Waals surface area contributed by atoms with E-state index in [9.17, 15) is 15.2 Å². The van der Waals surface area contributed by atoms with E-state index >= 15 is 0 Å². The highest BCUT2D eigenvalue weighted by molar-refractivity contribution is 5.84. The van der Waals surface area contributed by atoms with E-state index in [0.717, 1.165) is 12.8 Å². The van der Waals surface area contributed by atoms with Gasteiger partial charge in [-0.25, -0.2) is 0 Å². The number of hydrogen-bond donors (Lipinski definition) is 1. The minimum Gasteiger partial charge on any atom is -0.507 e. The van der Waals surface area contributed by atoms with E-state index in [1.54, 1.807) is 0 Å². The third kappa shape index (κ3) is 5.50. The van der Waals surface area contributed by atoms with Gasteiger partial charge in [-0.05, 0) is 12.5 Å². The van der Waals surface area contributed by atoms with Gasteiger partial charge < -0.3 is 5.11 Å². The van der Waals surface area contributed by atoms with Gasteiger partial charge in [0.25, 0.3) is 5.69 Å². The van der Waals surface area contributed by atoms with Gasteiger partial charge in [-0.2, -0.15) is 0 Å². The van der Waals surface area contributed by atoms with E-state index in [0.29, 0.717) is 12.1 Å². The molecule has 0 atom stereocenters. The molecule has 1 aromatic carbocycles. The van der Waals surface area contributed by atoms with Crippen LogP contribution in [-0.4, -0.2) is 22.8 Å². The summed E-state index contributed by atoms with van der Waals surface area (Å²) in [7, 11) is 0. The minimum absolute atomic E-state index is 0.0142. The highest BCUT2D eigenvalue weighted by Gasteiger charge is 2.08. The molecule has 0 unspecified atom stereocenters. The van der Waals surface area contributed by atoms with Gasteiger partial charge in [-0.1, -0.05) is 32.6 Å². The van der Waals surface area contributed by atoms with Crippen LogP contribution in [0.2, 0.25) is 0 Å². The second-order valence-corrected chi connectivity index (χ2v) is 4.45. The summed E-state index contributed by atoms with van der Waals surface area (Å²) in [5, 5.41) is 20.2. The first kappa shape index (κ1) is 15.1. The minimum atomic E-state index is -0.485. The molecule has 0 spiro atoms. The van der Waals surface area contributed by atoms with Gasteiger partial charge >= 0.3 is 0 Å². The number of nitrogens with zero attached hydrogens (tertiary/aromatic N) is 2. The number of phenols is 1. The predicted octanol–water partition coefficient (Wildman–Crippen LogP) is 3.69. The second kappa shape index (κ2) is 8.24. The van der Waals surface area contributed by atoms with Crippen LogP contribution in [0.15, 0.2) is 23.2 Å². The van der Waals surface area contributed by atoms with Gasteiger partial charge in [0.2, 0.25) is 0 Å². The average molecular weight is 264 g/mol. The number of benzene rings is 1. The van der Waals surface area contributed by atoms with Crippen LogP contribution in [0.5, 0.6) is 5.75 Å². The molecule has 0 fully saturated rings. The highest BCUT2D eigenvalue weighted by Crippen LogP contribution is 2.21. The normalized spacial score (nSPS) is 11.0. The molecule has 0 bridgehead atoms. The van der Waals surface area contributed by atoms with Crippen LogP contribution in [0.3, 0.4) is 0 Å². The Kier molecular flexibility index (Phi) is 6.57. The fourth-order valence-electron chi connectivity index (χ4n) is 1.73. The molecule has 1 aromatic rings. The van der Waals surface area contributed by atoms with Crippen LogP contribution in [0.25, 0.3) is 0 Å². The lowest BCUT2D eigenvalue weighted by molar-refractivity contribution is -0.384. The Labute approximate surface area is 113 Å². The molecule has 19 heavy (non-hydrogen) atoms. The zero-order valence-electron chi connectivity index (χ0n) is 11.2. The lowest BCUT2D eigenvalue weighted by Crippen LogP contribution is -1.91. The van der Waals surface area contributed by atoms with Crippen molar-refractivity contribution in [2.75, 3.05) is 6.54 Å². The first-order chi connectivity index (χ1) is 9.15. The molecular formula is C14H20N2O3. The van der Waals surface area contributed by atoms with Gasteiger partial charge in [0.1, 0.15) is 5.75 Å². The van der Waals surface area contributed by atoms with Crippen molar-refractivity contribution in [1.82, 2.24) is 0 Å². The molecule has 5 nitrogen and oxygen atoms in total. The Morgan fingerprint density at radius 1 is 1.32 bits per heavy atom. The fourth-order valence-corrected chi connectivity index (χ4v) is 1.73. The van der Waals surface area contributed by atoms with Crippen molar-refractivity contribution in [3.8, 4) is 5.75 Å². The molecule has 1 N–H and O–H groups in total. The van der Waals surface area contributed by atoms with Gasteiger partial charge in [-0.3, -0.25) is 15.1 Å². The van der Waals surface area contributed by atoms with Crippen molar-refractivity contribution >= 4 is 11.9 Å². The molecule has 0 radical (unpaired) electrons. The maximum Gasteiger partial charge on any atom is 0.270 e. The smallest absolute Gasteiger partial charge is 0.270 e. The standard InChI is InChI=1S/C14H20N2O3/c1-2-3-4-5-6-9-15-11-12-10-13(16(18)19)7-8-14(12)17/h7-8,10-11,17H,2-6,9H2,1H3. The molecule has 0 saturated carbocycles. The molecule has 5 heteroatoms. The van der Waals surface area contributed by atoms with Crippen molar-refractivity contribution in [2.45, 2.75) is 39.0 Å². The highest BCUT2D eigenvalue weighted by atomic mass is 16.6. The number of nitro benzene ring substituents is 1. The summed E-state index contributed by atoms with van der Waals surface area (Å²) in [5.74, 6) is 0.0142. The van der Waals surface area contributed by atoms with Crippen LogP contribution < -0.4 is 0 Å². The molecule has 104 valence electrons. The van der Waals surface area contributed by atoms with Crippen LogP contribution >= 0.6 is 0 Å². The third-order valence-electron chi connectivity index (χ3n) is 2.84. The number of phenolic OH excluding ortho intramolecular Hbond substituents is 1. The van der Waals surface area contributed by atoms with Crippen molar-refractivity contribution < 1.29 is 10.0 Å². The van der Waals surface area contributed by atoms with Gasteiger partial charge in [0.15, 0.2) is 0 Å². The van der Waals surface area contributed by atoms with E-state index in [-0.39, 0.29) is 11.4 Å². The SMILES string of the molecule is CCCCCCCN=Cc1cc([N+](=O)[O-])ccc1O. The zero-order chi connectivity index (χ0) is 14.1. The molecule has 0 heterocycles. The average Bonchev–Trinajstić information content (AvgIpc) is 2.39. The molecule has 0 aliphatic rings. The number of hydrogen-bond acceptors (Lipinski definition) is 4. The number of aromatic hydroxyl groups is 1. The number of unbranched alkanes of at least 4 members (excludes halogenated alkanes) is 4. The Balaban J connectivity index is 2.47. The lowest BCUT2D eigenvalue weighted by atomic mass is 10.1. The molecule has 0 aromatic heterocycles. The van der Waals surface area contributed by atoms with Crippen molar-refractivity contribution in [1.29, 1.82) is 0 Å². The van der Waals surface area contributed by atoms with Crippen LogP contribution in [0.1, 0.15) is 44.6 Å². The first-order valence-corrected chi connectivity index (χ1v) is 6.62. The van der Waals surface area contributed by atoms with Gasteiger partial charge in [0, 0.05) is 30.5 Å². The van der Waals surface area contributed by atoms with Gasteiger partial charge in [0.05, 0.1) is 4.92 Å². The second-order valence-electron chi connectivity index (χ2n) is 4.45. The van der Waals surface area contributed by atoms with E-state index < -0.39 is 4.92 Å². The maximum atomic E-state index is 10.6. The fraction of sp³-hybridized carbons (Fsp3) is 0.500. The molecule has 1 rings (SSSR count). The van der Waals surface area contributed by atoms with Crippen LogP contribution in [-0.2, 0) is 0 Å². The number of aliphatic imine (C=N–C) groups is 1. The van der Waals surface area contributed by atoms with Crippen LogP contribution in [0.4, 0.5) is 5.69 Å². The summed E-state index contributed by atoms with van der Waals surface area (Å²) in [6, 6.07) is 3.92. The summed E-state index contributed by atoms with van der Waals surface area (Å²) in [6.07, 6.45) is 7.33. The lowest BCUT2D eigenvalue weighted by Gasteiger charge is -1.99. The maximum absolute atomic E-state index is 10.6. The van der Waals surface area contributed by atoms with Crippen molar-refractivity contribution in [2.24, 2.45) is 4.99 Å². The summed E-state index contributed by atoms with van der Waals surface area (Å²) >= 11 is 0. The van der Waals surface area contributed by atoms with Crippen LogP contribution in [0, 0.1) is 10.1 Å². The number of nitro groups is 1.